The fraction of sp³-hybridized carbons (Fsp3) is 0.368. The molecule has 2 rings (SSSR count). The Kier molecular flexibility index (Phi) is 6.92. The van der Waals surface area contributed by atoms with E-state index in [-0.39, 0.29) is 29.7 Å². The molecule has 0 aliphatic heterocycles. The number of rotatable bonds is 8. The van der Waals surface area contributed by atoms with Crippen molar-refractivity contribution < 1.29 is 23.1 Å². The highest BCUT2D eigenvalue weighted by Gasteiger charge is 2.15. The Hall–Kier alpha value is -2.90. The molecule has 0 saturated carbocycles. The van der Waals surface area contributed by atoms with Crippen molar-refractivity contribution in [2.75, 3.05) is 6.61 Å². The summed E-state index contributed by atoms with van der Waals surface area (Å²) in [5, 5.41) is 2.81. The summed E-state index contributed by atoms with van der Waals surface area (Å²) < 4.78 is 29.4. The van der Waals surface area contributed by atoms with Crippen LogP contribution in [0.25, 0.3) is 0 Å². The number of halogens is 2. The van der Waals surface area contributed by atoms with E-state index in [1.54, 1.807) is 32.2 Å². The van der Waals surface area contributed by atoms with E-state index in [0.717, 1.165) is 5.56 Å². The minimum atomic E-state index is -2.58. The van der Waals surface area contributed by atoms with E-state index in [0.29, 0.717) is 11.3 Å². The van der Waals surface area contributed by atoms with Crippen molar-refractivity contribution >= 4 is 11.7 Å². The SMILES string of the molecule is CC(=O)Cc1cc(C(C)NC(=O)c2cc(C)c(OCC(F)F)cn2)ccn1. The van der Waals surface area contributed by atoms with E-state index in [2.05, 4.69) is 15.3 Å². The van der Waals surface area contributed by atoms with E-state index in [9.17, 15) is 18.4 Å². The van der Waals surface area contributed by atoms with Gasteiger partial charge in [-0.25, -0.2) is 13.8 Å². The van der Waals surface area contributed by atoms with Gasteiger partial charge in [-0.2, -0.15) is 0 Å². The summed E-state index contributed by atoms with van der Waals surface area (Å²) in [6, 6.07) is 4.68. The van der Waals surface area contributed by atoms with E-state index < -0.39 is 18.9 Å². The first-order valence-electron chi connectivity index (χ1n) is 8.39. The molecule has 1 N–H and O–H groups in total. The standard InChI is InChI=1S/C19H21F2N3O3/c1-11-6-16(23-9-17(11)27-10-18(20)21)19(26)24-13(3)14-4-5-22-15(8-14)7-12(2)25/h4-6,8-9,13,18H,7,10H2,1-3H3,(H,24,26). The maximum Gasteiger partial charge on any atom is 0.272 e. The van der Waals surface area contributed by atoms with Gasteiger partial charge in [0.05, 0.1) is 12.2 Å². The minimum absolute atomic E-state index is 0.00478. The molecule has 8 heteroatoms. The van der Waals surface area contributed by atoms with Crippen molar-refractivity contribution in [2.45, 2.75) is 39.7 Å². The quantitative estimate of drug-likeness (QED) is 0.765. The van der Waals surface area contributed by atoms with Gasteiger partial charge >= 0.3 is 0 Å². The Morgan fingerprint density at radius 2 is 2.00 bits per heavy atom. The van der Waals surface area contributed by atoms with Gasteiger partial charge in [-0.15, -0.1) is 0 Å². The van der Waals surface area contributed by atoms with Crippen LogP contribution in [-0.2, 0) is 11.2 Å². The van der Waals surface area contributed by atoms with Crippen LogP contribution in [0.4, 0.5) is 8.78 Å². The fourth-order valence-electron chi connectivity index (χ4n) is 2.44. The third kappa shape index (κ3) is 6.09. The van der Waals surface area contributed by atoms with E-state index in [1.165, 1.54) is 19.2 Å². The number of nitrogens with one attached hydrogen (secondary N) is 1. The molecule has 2 aromatic rings. The minimum Gasteiger partial charge on any atom is -0.486 e. The molecule has 27 heavy (non-hydrogen) atoms. The molecule has 1 amide bonds. The third-order valence-electron chi connectivity index (χ3n) is 3.78. The number of ketones is 1. The zero-order valence-corrected chi connectivity index (χ0v) is 15.3. The van der Waals surface area contributed by atoms with Gasteiger partial charge in [0.15, 0.2) is 0 Å². The third-order valence-corrected chi connectivity index (χ3v) is 3.78. The van der Waals surface area contributed by atoms with Gasteiger partial charge in [0, 0.05) is 18.3 Å². The van der Waals surface area contributed by atoms with Crippen molar-refractivity contribution in [1.82, 2.24) is 15.3 Å². The average Bonchev–Trinajstić information content (AvgIpc) is 2.60. The molecule has 1 unspecified atom stereocenters. The number of hydrogen-bond donors (Lipinski definition) is 1. The smallest absolute Gasteiger partial charge is 0.272 e. The zero-order valence-electron chi connectivity index (χ0n) is 15.3. The molecule has 6 nitrogen and oxygen atoms in total. The van der Waals surface area contributed by atoms with Gasteiger partial charge < -0.3 is 10.1 Å². The molecule has 0 saturated heterocycles. The topological polar surface area (TPSA) is 81.2 Å². The van der Waals surface area contributed by atoms with Gasteiger partial charge in [0.25, 0.3) is 12.3 Å². The lowest BCUT2D eigenvalue weighted by Gasteiger charge is -2.15. The van der Waals surface area contributed by atoms with E-state index >= 15 is 0 Å². The molecule has 2 heterocycles. The highest BCUT2D eigenvalue weighted by molar-refractivity contribution is 5.92. The summed E-state index contributed by atoms with van der Waals surface area (Å²) in [5.74, 6) is -0.191. The molecule has 0 bridgehead atoms. The van der Waals surface area contributed by atoms with Crippen molar-refractivity contribution in [1.29, 1.82) is 0 Å². The summed E-state index contributed by atoms with van der Waals surface area (Å²) in [6.07, 6.45) is 0.499. The van der Waals surface area contributed by atoms with Crippen LogP contribution in [0.15, 0.2) is 30.6 Å². The van der Waals surface area contributed by atoms with Crippen LogP contribution in [0, 0.1) is 6.92 Å². The number of pyridine rings is 2. The molecule has 0 aliphatic carbocycles. The maximum absolute atomic E-state index is 12.4. The fourth-order valence-corrected chi connectivity index (χ4v) is 2.44. The first-order chi connectivity index (χ1) is 12.8. The summed E-state index contributed by atoms with van der Waals surface area (Å²) in [5.41, 5.74) is 2.14. The average molecular weight is 377 g/mol. The molecule has 0 fully saturated rings. The Morgan fingerprint density at radius 3 is 2.63 bits per heavy atom. The van der Waals surface area contributed by atoms with E-state index in [4.69, 9.17) is 4.74 Å². The predicted molar refractivity (Wildman–Crippen MR) is 95.0 cm³/mol. The zero-order chi connectivity index (χ0) is 20.0. The van der Waals surface area contributed by atoms with E-state index in [1.807, 2.05) is 0 Å². The molecule has 0 spiro atoms. The number of hydrogen-bond acceptors (Lipinski definition) is 5. The van der Waals surface area contributed by atoms with Crippen LogP contribution in [0.2, 0.25) is 0 Å². The molecule has 1 atom stereocenters. The van der Waals surface area contributed by atoms with Crippen LogP contribution < -0.4 is 10.1 Å². The van der Waals surface area contributed by atoms with Crippen LogP contribution in [0.5, 0.6) is 5.75 Å². The second-order valence-corrected chi connectivity index (χ2v) is 6.19. The molecular weight excluding hydrogens is 356 g/mol. The van der Waals surface area contributed by atoms with Crippen LogP contribution >= 0.6 is 0 Å². The number of amides is 1. The van der Waals surface area contributed by atoms with Gasteiger partial charge in [0.2, 0.25) is 0 Å². The number of aromatic nitrogens is 2. The van der Waals surface area contributed by atoms with Crippen molar-refractivity contribution in [2.24, 2.45) is 0 Å². The second kappa shape index (κ2) is 9.16. The van der Waals surface area contributed by atoms with Gasteiger partial charge in [0.1, 0.15) is 23.8 Å². The Labute approximate surface area is 156 Å². The number of carbonyl (C=O) groups excluding carboxylic acids is 2. The number of ether oxygens (including phenoxy) is 1. The van der Waals surface area contributed by atoms with Crippen LogP contribution in [0.3, 0.4) is 0 Å². The monoisotopic (exact) mass is 377 g/mol. The highest BCUT2D eigenvalue weighted by atomic mass is 19.3. The van der Waals surface area contributed by atoms with Gasteiger partial charge in [-0.05, 0) is 50.1 Å². The molecular formula is C19H21F2N3O3. The Bertz CT molecular complexity index is 828. The summed E-state index contributed by atoms with van der Waals surface area (Å²) in [4.78, 5) is 31.8. The maximum atomic E-state index is 12.4. The lowest BCUT2D eigenvalue weighted by Crippen LogP contribution is -2.27. The van der Waals surface area contributed by atoms with Crippen molar-refractivity contribution in [3.8, 4) is 5.75 Å². The van der Waals surface area contributed by atoms with Gasteiger partial charge in [-0.3, -0.25) is 14.6 Å². The molecule has 0 aliphatic rings. The number of aryl methyl sites for hydroxylation is 1. The number of carbonyl (C=O) groups is 2. The Morgan fingerprint density at radius 1 is 1.26 bits per heavy atom. The highest BCUT2D eigenvalue weighted by Crippen LogP contribution is 2.19. The first kappa shape index (κ1) is 20.4. The van der Waals surface area contributed by atoms with Gasteiger partial charge in [-0.1, -0.05) is 0 Å². The second-order valence-electron chi connectivity index (χ2n) is 6.19. The number of alkyl halides is 2. The van der Waals surface area contributed by atoms with Crippen molar-refractivity contribution in [3.63, 3.8) is 0 Å². The Balaban J connectivity index is 2.06. The molecule has 2 aromatic heterocycles. The number of Topliss-reactive ketones (excluding diaryl/α,β-unsaturated/α-hetero) is 1. The normalized spacial score (nSPS) is 11.9. The molecule has 0 radical (unpaired) electrons. The van der Waals surface area contributed by atoms with Crippen LogP contribution in [-0.4, -0.2) is 34.7 Å². The predicted octanol–water partition coefficient (Wildman–Crippen LogP) is 3.05. The first-order valence-corrected chi connectivity index (χ1v) is 8.39. The van der Waals surface area contributed by atoms with Crippen molar-refractivity contribution in [3.05, 3.63) is 53.1 Å². The molecule has 0 aromatic carbocycles. The lowest BCUT2D eigenvalue weighted by atomic mass is 10.1. The largest absolute Gasteiger partial charge is 0.486 e. The lowest BCUT2D eigenvalue weighted by molar-refractivity contribution is -0.116. The summed E-state index contributed by atoms with van der Waals surface area (Å²) in [6.45, 7) is 4.22. The summed E-state index contributed by atoms with van der Waals surface area (Å²) in [7, 11) is 0. The summed E-state index contributed by atoms with van der Waals surface area (Å²) >= 11 is 0. The van der Waals surface area contributed by atoms with Crippen LogP contribution in [0.1, 0.15) is 47.2 Å². The number of nitrogens with zero attached hydrogens (tertiary/aromatic N) is 2. The molecule has 144 valence electrons.